The Balaban J connectivity index is 2.96. The first kappa shape index (κ1) is 20.1. The average molecular weight is 351 g/mol. The van der Waals surface area contributed by atoms with Gasteiger partial charge in [0, 0.05) is 32.5 Å². The largest absolute Gasteiger partial charge is 0.464 e. The molecule has 8 nitrogen and oxygen atoms in total. The third kappa shape index (κ3) is 7.47. The van der Waals surface area contributed by atoms with Gasteiger partial charge in [0.15, 0.2) is 6.29 Å². The summed E-state index contributed by atoms with van der Waals surface area (Å²) in [5, 5.41) is 0. The molecule has 0 amide bonds. The van der Waals surface area contributed by atoms with Crippen LogP contribution in [0.1, 0.15) is 31.1 Å². The molecule has 0 saturated heterocycles. The number of benzene rings is 1. The Hall–Kier alpha value is -2.90. The van der Waals surface area contributed by atoms with Gasteiger partial charge in [-0.25, -0.2) is 0 Å². The van der Waals surface area contributed by atoms with Gasteiger partial charge in [0.2, 0.25) is 0 Å². The van der Waals surface area contributed by atoms with Gasteiger partial charge >= 0.3 is 17.9 Å². The van der Waals surface area contributed by atoms with E-state index in [1.807, 2.05) is 0 Å². The number of esters is 3. The third-order valence-electron chi connectivity index (χ3n) is 3.08. The number of ether oxygens (including phenoxy) is 3. The topological polar surface area (TPSA) is 99.2 Å². The molecule has 8 heteroatoms. The van der Waals surface area contributed by atoms with E-state index in [9.17, 15) is 19.2 Å². The Morgan fingerprint density at radius 2 is 1.52 bits per heavy atom. The van der Waals surface area contributed by atoms with Crippen LogP contribution in [0.4, 0.5) is 5.69 Å². The smallest absolute Gasteiger partial charge is 0.308 e. The molecule has 1 aromatic carbocycles. The van der Waals surface area contributed by atoms with Crippen LogP contribution in [0.2, 0.25) is 0 Å². The summed E-state index contributed by atoms with van der Waals surface area (Å²) in [4.78, 5) is 45.9. The Morgan fingerprint density at radius 3 is 1.96 bits per heavy atom. The molecule has 0 radical (unpaired) electrons. The van der Waals surface area contributed by atoms with E-state index in [1.54, 1.807) is 11.0 Å². The third-order valence-corrected chi connectivity index (χ3v) is 3.08. The van der Waals surface area contributed by atoms with Gasteiger partial charge in [0.25, 0.3) is 0 Å². The molecule has 0 saturated carbocycles. The standard InChI is InChI=1S/C17H21NO7/c1-12(20)23-8-6-18(7-9-24-13(2)21)16-5-4-15(11-19)17(10-16)25-14(3)22/h4-5,10-11H,6-9H2,1-3H3. The van der Waals surface area contributed by atoms with Crippen molar-refractivity contribution in [1.29, 1.82) is 0 Å². The highest BCUT2D eigenvalue weighted by molar-refractivity contribution is 5.83. The molecule has 1 rings (SSSR count). The van der Waals surface area contributed by atoms with Crippen LogP contribution in [0, 0.1) is 0 Å². The molecular formula is C17H21NO7. The van der Waals surface area contributed by atoms with Gasteiger partial charge in [-0.1, -0.05) is 0 Å². The van der Waals surface area contributed by atoms with Crippen molar-refractivity contribution in [3.63, 3.8) is 0 Å². The number of aldehydes is 1. The summed E-state index contributed by atoms with van der Waals surface area (Å²) >= 11 is 0. The Morgan fingerprint density at radius 1 is 0.960 bits per heavy atom. The molecule has 0 atom stereocenters. The first-order valence-corrected chi connectivity index (χ1v) is 7.62. The van der Waals surface area contributed by atoms with Crippen molar-refractivity contribution in [2.24, 2.45) is 0 Å². The molecule has 25 heavy (non-hydrogen) atoms. The molecule has 0 aromatic heterocycles. The number of anilines is 1. The zero-order valence-electron chi connectivity index (χ0n) is 14.4. The zero-order valence-corrected chi connectivity index (χ0v) is 14.4. The Kier molecular flexibility index (Phi) is 8.11. The van der Waals surface area contributed by atoms with Crippen molar-refractivity contribution < 1.29 is 33.4 Å². The highest BCUT2D eigenvalue weighted by Crippen LogP contribution is 2.25. The van der Waals surface area contributed by atoms with E-state index in [-0.39, 0.29) is 24.5 Å². The van der Waals surface area contributed by atoms with Gasteiger partial charge in [0.1, 0.15) is 19.0 Å². The highest BCUT2D eigenvalue weighted by Gasteiger charge is 2.13. The van der Waals surface area contributed by atoms with Gasteiger partial charge < -0.3 is 19.1 Å². The molecule has 136 valence electrons. The fourth-order valence-corrected chi connectivity index (χ4v) is 2.03. The molecule has 0 heterocycles. The molecule has 0 bridgehead atoms. The molecule has 0 aliphatic rings. The number of hydrogen-bond donors (Lipinski definition) is 0. The summed E-state index contributed by atoms with van der Waals surface area (Å²) in [6, 6.07) is 4.72. The molecule has 0 aliphatic carbocycles. The summed E-state index contributed by atoms with van der Waals surface area (Å²) in [5.74, 6) is -1.23. The highest BCUT2D eigenvalue weighted by atomic mass is 16.5. The van der Waals surface area contributed by atoms with Crippen molar-refractivity contribution >= 4 is 29.9 Å². The van der Waals surface area contributed by atoms with Gasteiger partial charge in [-0.3, -0.25) is 19.2 Å². The molecule has 1 aromatic rings. The summed E-state index contributed by atoms with van der Waals surface area (Å²) in [7, 11) is 0. The van der Waals surface area contributed by atoms with Crippen LogP contribution in [-0.2, 0) is 23.9 Å². The molecular weight excluding hydrogens is 330 g/mol. The van der Waals surface area contributed by atoms with E-state index in [1.165, 1.54) is 32.9 Å². The number of nitrogens with zero attached hydrogens (tertiary/aromatic N) is 1. The first-order valence-electron chi connectivity index (χ1n) is 7.62. The monoisotopic (exact) mass is 351 g/mol. The predicted molar refractivity (Wildman–Crippen MR) is 88.6 cm³/mol. The Bertz CT molecular complexity index is 622. The minimum atomic E-state index is -0.549. The van der Waals surface area contributed by atoms with Crippen LogP contribution >= 0.6 is 0 Å². The van der Waals surface area contributed by atoms with Crippen LogP contribution in [0.3, 0.4) is 0 Å². The van der Waals surface area contributed by atoms with E-state index in [0.717, 1.165) is 0 Å². The lowest BCUT2D eigenvalue weighted by Crippen LogP contribution is -2.32. The zero-order chi connectivity index (χ0) is 18.8. The van der Waals surface area contributed by atoms with E-state index >= 15 is 0 Å². The van der Waals surface area contributed by atoms with Crippen LogP contribution in [-0.4, -0.2) is 50.5 Å². The summed E-state index contributed by atoms with van der Waals surface area (Å²) in [5.41, 5.74) is 0.861. The summed E-state index contributed by atoms with van der Waals surface area (Å²) < 4.78 is 14.9. The number of rotatable bonds is 9. The second-order valence-corrected chi connectivity index (χ2v) is 5.10. The summed E-state index contributed by atoms with van der Waals surface area (Å²) in [6.45, 7) is 4.78. The van der Waals surface area contributed by atoms with Crippen LogP contribution < -0.4 is 9.64 Å². The van der Waals surface area contributed by atoms with Crippen molar-refractivity contribution in [1.82, 2.24) is 0 Å². The van der Waals surface area contributed by atoms with Gasteiger partial charge in [-0.05, 0) is 12.1 Å². The fraction of sp³-hybridized carbons (Fsp3) is 0.412. The molecule has 0 spiro atoms. The number of carbonyl (C=O) groups excluding carboxylic acids is 4. The maximum absolute atomic E-state index is 11.2. The molecule has 0 unspecified atom stereocenters. The van der Waals surface area contributed by atoms with E-state index in [0.29, 0.717) is 25.1 Å². The fourth-order valence-electron chi connectivity index (χ4n) is 2.03. The minimum absolute atomic E-state index is 0.130. The van der Waals surface area contributed by atoms with Gasteiger partial charge in [0.05, 0.1) is 18.7 Å². The first-order chi connectivity index (χ1) is 11.8. The lowest BCUT2D eigenvalue weighted by Gasteiger charge is -2.25. The second kappa shape index (κ2) is 10.1. The maximum atomic E-state index is 11.2. The lowest BCUT2D eigenvalue weighted by atomic mass is 10.2. The van der Waals surface area contributed by atoms with Crippen molar-refractivity contribution in [3.05, 3.63) is 23.8 Å². The van der Waals surface area contributed by atoms with Crippen LogP contribution in [0.15, 0.2) is 18.2 Å². The maximum Gasteiger partial charge on any atom is 0.308 e. The quantitative estimate of drug-likeness (QED) is 0.373. The Labute approximate surface area is 145 Å². The number of carbonyl (C=O) groups is 4. The van der Waals surface area contributed by atoms with E-state index < -0.39 is 17.9 Å². The van der Waals surface area contributed by atoms with Crippen molar-refractivity contribution in [2.45, 2.75) is 20.8 Å². The predicted octanol–water partition coefficient (Wildman–Crippen LogP) is 1.36. The molecule has 0 N–H and O–H groups in total. The van der Waals surface area contributed by atoms with Crippen LogP contribution in [0.5, 0.6) is 5.75 Å². The molecule has 0 fully saturated rings. The lowest BCUT2D eigenvalue weighted by molar-refractivity contribution is -0.141. The van der Waals surface area contributed by atoms with E-state index in [4.69, 9.17) is 14.2 Å². The van der Waals surface area contributed by atoms with Crippen molar-refractivity contribution in [2.75, 3.05) is 31.2 Å². The minimum Gasteiger partial charge on any atom is -0.464 e. The van der Waals surface area contributed by atoms with Gasteiger partial charge in [-0.15, -0.1) is 0 Å². The average Bonchev–Trinajstić information content (AvgIpc) is 2.52. The molecule has 0 aliphatic heterocycles. The van der Waals surface area contributed by atoms with Gasteiger partial charge in [-0.2, -0.15) is 0 Å². The summed E-state index contributed by atoms with van der Waals surface area (Å²) in [6.07, 6.45) is 0.587. The number of hydrogen-bond acceptors (Lipinski definition) is 8. The van der Waals surface area contributed by atoms with Crippen molar-refractivity contribution in [3.8, 4) is 5.75 Å². The SMILES string of the molecule is CC(=O)OCCN(CCOC(C)=O)c1ccc(C=O)c(OC(C)=O)c1. The normalized spacial score (nSPS) is 9.88. The van der Waals surface area contributed by atoms with E-state index in [2.05, 4.69) is 0 Å². The van der Waals surface area contributed by atoms with Crippen LogP contribution in [0.25, 0.3) is 0 Å². The second-order valence-electron chi connectivity index (χ2n) is 5.10.